The summed E-state index contributed by atoms with van der Waals surface area (Å²) < 4.78 is 25.1. The predicted octanol–water partition coefficient (Wildman–Crippen LogP) is 2.36. The van der Waals surface area contributed by atoms with E-state index in [4.69, 9.17) is 10.8 Å². The summed E-state index contributed by atoms with van der Waals surface area (Å²) in [7, 11) is 0. The molecule has 0 unspecified atom stereocenters. The Morgan fingerprint density at radius 2 is 2.00 bits per heavy atom. The normalized spacial score (nSPS) is 14.4. The number of carboxylic acids is 1. The molecule has 0 aliphatic carbocycles. The van der Waals surface area contributed by atoms with Crippen molar-refractivity contribution in [2.75, 3.05) is 5.75 Å². The van der Waals surface area contributed by atoms with Crippen molar-refractivity contribution in [3.63, 3.8) is 0 Å². The number of benzene rings is 1. The van der Waals surface area contributed by atoms with Crippen LogP contribution < -0.4 is 5.73 Å². The molecule has 0 fully saturated rings. The SMILES string of the molecule is N[C@](CCSCc1ccccc1)(C(=O)O)C(F)F. The molecule has 0 heterocycles. The zero-order valence-corrected chi connectivity index (χ0v) is 10.5. The Kier molecular flexibility index (Phi) is 5.55. The minimum atomic E-state index is -3.06. The van der Waals surface area contributed by atoms with E-state index in [0.717, 1.165) is 5.56 Å². The highest BCUT2D eigenvalue weighted by molar-refractivity contribution is 7.98. The smallest absolute Gasteiger partial charge is 0.329 e. The lowest BCUT2D eigenvalue weighted by molar-refractivity contribution is -0.149. The molecule has 3 N–H and O–H groups in total. The Morgan fingerprint density at radius 1 is 1.39 bits per heavy atom. The van der Waals surface area contributed by atoms with Crippen LogP contribution in [0.2, 0.25) is 0 Å². The molecular formula is C12H15F2NO2S. The van der Waals surface area contributed by atoms with Gasteiger partial charge in [0.15, 0.2) is 5.54 Å². The van der Waals surface area contributed by atoms with Crippen molar-refractivity contribution in [1.29, 1.82) is 0 Å². The quantitative estimate of drug-likeness (QED) is 0.750. The molecule has 0 bridgehead atoms. The van der Waals surface area contributed by atoms with Gasteiger partial charge in [0, 0.05) is 5.75 Å². The summed E-state index contributed by atoms with van der Waals surface area (Å²) in [6.07, 6.45) is -3.32. The van der Waals surface area contributed by atoms with Gasteiger partial charge in [-0.2, -0.15) is 11.8 Å². The molecule has 0 amide bonds. The summed E-state index contributed by atoms with van der Waals surface area (Å²) in [6.45, 7) is 0. The number of halogens is 2. The van der Waals surface area contributed by atoms with Gasteiger partial charge in [-0.05, 0) is 17.7 Å². The van der Waals surface area contributed by atoms with Gasteiger partial charge >= 0.3 is 5.97 Å². The lowest BCUT2D eigenvalue weighted by Gasteiger charge is -2.23. The van der Waals surface area contributed by atoms with Gasteiger partial charge < -0.3 is 10.8 Å². The molecule has 0 aromatic heterocycles. The highest BCUT2D eigenvalue weighted by Crippen LogP contribution is 2.22. The van der Waals surface area contributed by atoms with Gasteiger partial charge in [-0.3, -0.25) is 0 Å². The number of rotatable bonds is 7. The number of hydrogen-bond donors (Lipinski definition) is 2. The van der Waals surface area contributed by atoms with Crippen LogP contribution in [0.25, 0.3) is 0 Å². The van der Waals surface area contributed by atoms with Crippen LogP contribution in [0, 0.1) is 0 Å². The number of carbonyl (C=O) groups is 1. The lowest BCUT2D eigenvalue weighted by atomic mass is 9.99. The Morgan fingerprint density at radius 3 is 2.50 bits per heavy atom. The molecule has 1 atom stereocenters. The van der Waals surface area contributed by atoms with E-state index in [2.05, 4.69) is 0 Å². The van der Waals surface area contributed by atoms with Crippen LogP contribution in [0.4, 0.5) is 8.78 Å². The average Bonchev–Trinajstić information content (AvgIpc) is 2.35. The van der Waals surface area contributed by atoms with E-state index in [1.54, 1.807) is 0 Å². The van der Waals surface area contributed by atoms with Gasteiger partial charge in [0.1, 0.15) is 0 Å². The number of hydrogen-bond acceptors (Lipinski definition) is 3. The van der Waals surface area contributed by atoms with E-state index in [1.165, 1.54) is 11.8 Å². The van der Waals surface area contributed by atoms with Gasteiger partial charge in [0.2, 0.25) is 0 Å². The fraction of sp³-hybridized carbons (Fsp3) is 0.417. The van der Waals surface area contributed by atoms with Crippen LogP contribution in [0.1, 0.15) is 12.0 Å². The Labute approximate surface area is 108 Å². The summed E-state index contributed by atoms with van der Waals surface area (Å²) in [5.74, 6) is -0.722. The summed E-state index contributed by atoms with van der Waals surface area (Å²) >= 11 is 1.39. The second-order valence-corrected chi connectivity index (χ2v) is 5.04. The molecule has 0 aliphatic rings. The van der Waals surface area contributed by atoms with Crippen molar-refractivity contribution in [2.45, 2.75) is 24.1 Å². The lowest BCUT2D eigenvalue weighted by Crippen LogP contribution is -2.54. The van der Waals surface area contributed by atoms with E-state index in [-0.39, 0.29) is 12.2 Å². The van der Waals surface area contributed by atoms with Crippen molar-refractivity contribution in [3.05, 3.63) is 35.9 Å². The molecule has 1 aromatic carbocycles. The fourth-order valence-electron chi connectivity index (χ4n) is 1.31. The van der Waals surface area contributed by atoms with E-state index in [1.807, 2.05) is 30.3 Å². The fourth-order valence-corrected chi connectivity index (χ4v) is 2.37. The summed E-state index contributed by atoms with van der Waals surface area (Å²) in [5, 5.41) is 8.71. The van der Waals surface area contributed by atoms with Crippen molar-refractivity contribution >= 4 is 17.7 Å². The van der Waals surface area contributed by atoms with Crippen molar-refractivity contribution in [1.82, 2.24) is 0 Å². The molecule has 0 aliphatic heterocycles. The minimum absolute atomic E-state index is 0.252. The molecule has 100 valence electrons. The molecule has 0 saturated carbocycles. The van der Waals surface area contributed by atoms with E-state index in [9.17, 15) is 13.6 Å². The van der Waals surface area contributed by atoms with Crippen LogP contribution in [-0.2, 0) is 10.5 Å². The van der Waals surface area contributed by atoms with E-state index < -0.39 is 17.9 Å². The highest BCUT2D eigenvalue weighted by atomic mass is 32.2. The third kappa shape index (κ3) is 3.96. The molecule has 6 heteroatoms. The second-order valence-electron chi connectivity index (χ2n) is 3.93. The van der Waals surface area contributed by atoms with Crippen LogP contribution >= 0.6 is 11.8 Å². The van der Waals surface area contributed by atoms with Crippen LogP contribution in [0.15, 0.2) is 30.3 Å². The summed E-state index contributed by atoms with van der Waals surface area (Å²) in [4.78, 5) is 10.7. The third-order valence-corrected chi connectivity index (χ3v) is 3.59. The molecule has 0 radical (unpaired) electrons. The first-order valence-corrected chi connectivity index (χ1v) is 6.54. The van der Waals surface area contributed by atoms with Crippen LogP contribution in [0.3, 0.4) is 0 Å². The molecule has 0 spiro atoms. The van der Waals surface area contributed by atoms with Gasteiger partial charge in [0.05, 0.1) is 0 Å². The third-order valence-electron chi connectivity index (χ3n) is 2.56. The van der Waals surface area contributed by atoms with Crippen molar-refractivity contribution < 1.29 is 18.7 Å². The number of carboxylic acid groups (broad SMARTS) is 1. The Balaban J connectivity index is 2.39. The molecule has 3 nitrogen and oxygen atoms in total. The Bertz CT molecular complexity index is 389. The Hall–Kier alpha value is -1.14. The first-order valence-electron chi connectivity index (χ1n) is 5.39. The van der Waals surface area contributed by atoms with Gasteiger partial charge in [-0.25, -0.2) is 13.6 Å². The standard InChI is InChI=1S/C12H15F2NO2S/c13-10(14)12(15,11(16)17)6-7-18-8-9-4-2-1-3-5-9/h1-5,10H,6-8,15H2,(H,16,17)/t12-/m0/s1. The average molecular weight is 275 g/mol. The summed E-state index contributed by atoms with van der Waals surface area (Å²) in [5.41, 5.74) is 3.83. The first kappa shape index (κ1) is 14.9. The summed E-state index contributed by atoms with van der Waals surface area (Å²) in [6, 6.07) is 9.51. The maximum Gasteiger partial charge on any atom is 0.329 e. The van der Waals surface area contributed by atoms with Crippen molar-refractivity contribution in [2.24, 2.45) is 5.73 Å². The number of alkyl halides is 2. The van der Waals surface area contributed by atoms with Crippen LogP contribution in [-0.4, -0.2) is 28.8 Å². The van der Waals surface area contributed by atoms with Crippen molar-refractivity contribution in [3.8, 4) is 0 Å². The zero-order valence-electron chi connectivity index (χ0n) is 9.68. The first-order chi connectivity index (χ1) is 8.47. The molecule has 18 heavy (non-hydrogen) atoms. The maximum atomic E-state index is 12.6. The van der Waals surface area contributed by atoms with Gasteiger partial charge in [-0.15, -0.1) is 0 Å². The predicted molar refractivity (Wildman–Crippen MR) is 67.8 cm³/mol. The number of nitrogens with two attached hydrogens (primary N) is 1. The molecule has 0 saturated heterocycles. The molecule has 1 rings (SSSR count). The second kappa shape index (κ2) is 6.70. The minimum Gasteiger partial charge on any atom is -0.480 e. The molecule has 1 aromatic rings. The monoisotopic (exact) mass is 275 g/mol. The van der Waals surface area contributed by atoms with E-state index in [0.29, 0.717) is 5.75 Å². The largest absolute Gasteiger partial charge is 0.480 e. The van der Waals surface area contributed by atoms with Gasteiger partial charge in [-0.1, -0.05) is 30.3 Å². The van der Waals surface area contributed by atoms with E-state index >= 15 is 0 Å². The number of aliphatic carboxylic acids is 1. The number of thioether (sulfide) groups is 1. The molecular weight excluding hydrogens is 260 g/mol. The maximum absolute atomic E-state index is 12.6. The highest BCUT2D eigenvalue weighted by Gasteiger charge is 2.43. The van der Waals surface area contributed by atoms with Gasteiger partial charge in [0.25, 0.3) is 6.43 Å². The van der Waals surface area contributed by atoms with Crippen LogP contribution in [0.5, 0.6) is 0 Å². The topological polar surface area (TPSA) is 63.3 Å². The zero-order chi connectivity index (χ0) is 13.6.